The van der Waals surface area contributed by atoms with E-state index in [1.54, 1.807) is 12.1 Å². The van der Waals surface area contributed by atoms with Crippen molar-refractivity contribution >= 4 is 23.3 Å². The van der Waals surface area contributed by atoms with E-state index in [-0.39, 0.29) is 11.6 Å². The molecule has 116 valence electrons. The van der Waals surface area contributed by atoms with Crippen LogP contribution in [-0.4, -0.2) is 19.6 Å². The molecule has 0 aliphatic heterocycles. The van der Waals surface area contributed by atoms with Gasteiger partial charge in [-0.2, -0.15) is 8.75 Å². The molecule has 3 rings (SSSR count). The van der Waals surface area contributed by atoms with Crippen LogP contribution in [0.3, 0.4) is 0 Å². The lowest BCUT2D eigenvalue weighted by Gasteiger charge is -2.08. The quantitative estimate of drug-likeness (QED) is 0.793. The number of carbonyl (C=O) groups excluding carboxylic acids is 1. The number of ether oxygens (including phenoxy) is 1. The maximum absolute atomic E-state index is 11.9. The number of benzene rings is 1. The molecule has 1 aromatic carbocycles. The fraction of sp³-hybridized carbons (Fsp3) is 0.125. The van der Waals surface area contributed by atoms with Crippen LogP contribution in [0.4, 0.5) is 5.69 Å². The molecule has 0 radical (unpaired) electrons. The van der Waals surface area contributed by atoms with Crippen LogP contribution in [0.1, 0.15) is 21.6 Å². The number of aryl methyl sites for hydroxylation is 2. The Hall–Kier alpha value is -2.80. The van der Waals surface area contributed by atoms with E-state index >= 15 is 0 Å². The highest BCUT2D eigenvalue weighted by Gasteiger charge is 2.09. The van der Waals surface area contributed by atoms with E-state index in [9.17, 15) is 4.79 Å². The van der Waals surface area contributed by atoms with Gasteiger partial charge in [0.1, 0.15) is 5.75 Å². The molecular weight excluding hydrogens is 312 g/mol. The first-order chi connectivity index (χ1) is 11.1. The summed E-state index contributed by atoms with van der Waals surface area (Å²) in [5.41, 5.74) is 3.21. The number of hydrogen-bond acceptors (Lipinski definition) is 6. The SMILES string of the molecule is Cc1ccc(Oc2ccc(NC(=O)c3cnsn3)cn2)cc1C. The van der Waals surface area contributed by atoms with E-state index in [0.29, 0.717) is 11.6 Å². The Morgan fingerprint density at radius 3 is 2.65 bits per heavy atom. The van der Waals surface area contributed by atoms with Crippen molar-refractivity contribution in [1.29, 1.82) is 0 Å². The van der Waals surface area contributed by atoms with Crippen molar-refractivity contribution in [3.8, 4) is 11.6 Å². The van der Waals surface area contributed by atoms with Gasteiger partial charge in [-0.05, 0) is 43.2 Å². The van der Waals surface area contributed by atoms with Gasteiger partial charge in [-0.15, -0.1) is 0 Å². The molecule has 1 amide bonds. The predicted octanol–water partition coefficient (Wildman–Crippen LogP) is 3.59. The van der Waals surface area contributed by atoms with E-state index in [2.05, 4.69) is 19.0 Å². The summed E-state index contributed by atoms with van der Waals surface area (Å²) < 4.78 is 13.4. The molecule has 7 heteroatoms. The molecule has 0 aliphatic carbocycles. The minimum Gasteiger partial charge on any atom is -0.439 e. The molecule has 3 aromatic rings. The lowest BCUT2D eigenvalue weighted by molar-refractivity contribution is 0.102. The number of nitrogens with zero attached hydrogens (tertiary/aromatic N) is 3. The van der Waals surface area contributed by atoms with Crippen molar-refractivity contribution < 1.29 is 9.53 Å². The number of hydrogen-bond donors (Lipinski definition) is 1. The zero-order valence-electron chi connectivity index (χ0n) is 12.6. The Kier molecular flexibility index (Phi) is 4.29. The topological polar surface area (TPSA) is 77.0 Å². The molecular formula is C16H14N4O2S. The largest absolute Gasteiger partial charge is 0.439 e. The van der Waals surface area contributed by atoms with E-state index in [4.69, 9.17) is 4.74 Å². The highest BCUT2D eigenvalue weighted by molar-refractivity contribution is 6.99. The number of aromatic nitrogens is 3. The second-order valence-electron chi connectivity index (χ2n) is 4.98. The van der Waals surface area contributed by atoms with E-state index < -0.39 is 0 Å². The molecule has 0 aliphatic rings. The van der Waals surface area contributed by atoms with E-state index in [1.807, 2.05) is 32.0 Å². The minimum absolute atomic E-state index is 0.283. The van der Waals surface area contributed by atoms with Gasteiger partial charge >= 0.3 is 0 Å². The Labute approximate surface area is 137 Å². The number of anilines is 1. The van der Waals surface area contributed by atoms with Gasteiger partial charge < -0.3 is 10.1 Å². The van der Waals surface area contributed by atoms with Gasteiger partial charge in [-0.1, -0.05) is 6.07 Å². The minimum atomic E-state index is -0.316. The van der Waals surface area contributed by atoms with Gasteiger partial charge in [0.15, 0.2) is 5.69 Å². The Balaban J connectivity index is 1.67. The van der Waals surface area contributed by atoms with E-state index in [0.717, 1.165) is 23.0 Å². The van der Waals surface area contributed by atoms with E-state index in [1.165, 1.54) is 18.0 Å². The van der Waals surface area contributed by atoms with Crippen LogP contribution in [-0.2, 0) is 0 Å². The number of pyridine rings is 1. The van der Waals surface area contributed by atoms with Gasteiger partial charge in [0, 0.05) is 6.07 Å². The number of rotatable bonds is 4. The van der Waals surface area contributed by atoms with Gasteiger partial charge in [0.25, 0.3) is 5.91 Å². The third kappa shape index (κ3) is 3.70. The zero-order valence-corrected chi connectivity index (χ0v) is 13.4. The standard InChI is InChI=1S/C16H14N4O2S/c1-10-3-5-13(7-11(10)2)22-15-6-4-12(8-17-15)19-16(21)14-9-18-23-20-14/h3-9H,1-2H3,(H,19,21). The molecule has 6 nitrogen and oxygen atoms in total. The summed E-state index contributed by atoms with van der Waals surface area (Å²) in [5, 5.41) is 2.70. The van der Waals surface area contributed by atoms with Crippen LogP contribution in [0.25, 0.3) is 0 Å². The van der Waals surface area contributed by atoms with Crippen molar-refractivity contribution in [2.75, 3.05) is 5.32 Å². The van der Waals surface area contributed by atoms with Crippen molar-refractivity contribution in [1.82, 2.24) is 13.7 Å². The first-order valence-corrected chi connectivity index (χ1v) is 7.65. The van der Waals surface area contributed by atoms with Gasteiger partial charge in [-0.25, -0.2) is 4.98 Å². The molecule has 2 aromatic heterocycles. The summed E-state index contributed by atoms with van der Waals surface area (Å²) in [6.07, 6.45) is 2.96. The fourth-order valence-corrected chi connectivity index (χ4v) is 2.28. The monoisotopic (exact) mass is 326 g/mol. The predicted molar refractivity (Wildman–Crippen MR) is 88.1 cm³/mol. The normalized spacial score (nSPS) is 10.3. The molecule has 0 unspecified atom stereocenters. The van der Waals surface area contributed by atoms with Crippen molar-refractivity contribution in [3.63, 3.8) is 0 Å². The fourth-order valence-electron chi connectivity index (χ4n) is 1.87. The molecule has 0 fully saturated rings. The lowest BCUT2D eigenvalue weighted by atomic mass is 10.1. The molecule has 0 spiro atoms. The first-order valence-electron chi connectivity index (χ1n) is 6.92. The lowest BCUT2D eigenvalue weighted by Crippen LogP contribution is -2.12. The van der Waals surface area contributed by atoms with Crippen LogP contribution in [0.2, 0.25) is 0 Å². The zero-order chi connectivity index (χ0) is 16.2. The molecule has 1 N–H and O–H groups in total. The van der Waals surface area contributed by atoms with Gasteiger partial charge in [0.2, 0.25) is 5.88 Å². The molecule has 2 heterocycles. The number of nitrogens with one attached hydrogen (secondary N) is 1. The third-order valence-electron chi connectivity index (χ3n) is 3.29. The molecule has 0 bridgehead atoms. The van der Waals surface area contributed by atoms with Crippen molar-refractivity contribution in [3.05, 3.63) is 59.5 Å². The average molecular weight is 326 g/mol. The first kappa shape index (κ1) is 15.1. The number of carbonyl (C=O) groups is 1. The summed E-state index contributed by atoms with van der Waals surface area (Å²) in [7, 11) is 0. The van der Waals surface area contributed by atoms with Crippen LogP contribution >= 0.6 is 11.7 Å². The molecule has 23 heavy (non-hydrogen) atoms. The molecule has 0 atom stereocenters. The van der Waals surface area contributed by atoms with Crippen molar-refractivity contribution in [2.24, 2.45) is 0 Å². The Morgan fingerprint density at radius 1 is 1.13 bits per heavy atom. The van der Waals surface area contributed by atoms with Gasteiger partial charge in [-0.3, -0.25) is 4.79 Å². The average Bonchev–Trinajstić information content (AvgIpc) is 3.07. The van der Waals surface area contributed by atoms with Gasteiger partial charge in [0.05, 0.1) is 29.8 Å². The molecule has 0 saturated carbocycles. The highest BCUT2D eigenvalue weighted by Crippen LogP contribution is 2.23. The summed E-state index contributed by atoms with van der Waals surface area (Å²) in [5.74, 6) is 0.871. The van der Waals surface area contributed by atoms with Crippen LogP contribution in [0.5, 0.6) is 11.6 Å². The van der Waals surface area contributed by atoms with Crippen LogP contribution in [0.15, 0.2) is 42.7 Å². The summed E-state index contributed by atoms with van der Waals surface area (Å²) in [4.78, 5) is 16.0. The van der Waals surface area contributed by atoms with Crippen LogP contribution in [0, 0.1) is 13.8 Å². The second kappa shape index (κ2) is 6.53. The smallest absolute Gasteiger partial charge is 0.277 e. The highest BCUT2D eigenvalue weighted by atomic mass is 32.1. The second-order valence-corrected chi connectivity index (χ2v) is 5.54. The summed E-state index contributed by atoms with van der Waals surface area (Å²) in [6, 6.07) is 9.28. The van der Waals surface area contributed by atoms with Crippen LogP contribution < -0.4 is 10.1 Å². The summed E-state index contributed by atoms with van der Waals surface area (Å²) >= 11 is 0.988. The maximum Gasteiger partial charge on any atom is 0.277 e. The third-order valence-corrected chi connectivity index (χ3v) is 3.77. The Morgan fingerprint density at radius 2 is 2.00 bits per heavy atom. The summed E-state index contributed by atoms with van der Waals surface area (Å²) in [6.45, 7) is 4.08. The number of amides is 1. The molecule has 0 saturated heterocycles. The Bertz CT molecular complexity index is 817. The maximum atomic E-state index is 11.9. The van der Waals surface area contributed by atoms with Crippen molar-refractivity contribution in [2.45, 2.75) is 13.8 Å².